The number of amides is 1. The Labute approximate surface area is 152 Å². The molecule has 0 aliphatic carbocycles. The van der Waals surface area contributed by atoms with E-state index in [1.165, 1.54) is 18.0 Å². The first-order chi connectivity index (χ1) is 12.7. The van der Waals surface area contributed by atoms with Gasteiger partial charge in [0.2, 0.25) is 0 Å². The van der Waals surface area contributed by atoms with E-state index in [1.54, 1.807) is 25.3 Å². The summed E-state index contributed by atoms with van der Waals surface area (Å²) in [7, 11) is 1.58. The predicted octanol–water partition coefficient (Wildman–Crippen LogP) is 4.04. The molecule has 0 fully saturated rings. The molecule has 1 aromatic heterocycles. The number of anilines is 3. The molecule has 132 valence electrons. The number of methoxy groups -OCH3 is 1. The first kappa shape index (κ1) is 17.4. The molecule has 2 aromatic carbocycles. The first-order valence-corrected chi connectivity index (χ1v) is 8.31. The Balaban J connectivity index is 1.65. The molecule has 6 heteroatoms. The summed E-state index contributed by atoms with van der Waals surface area (Å²) in [6.45, 7) is 2.11. The van der Waals surface area contributed by atoms with Crippen LogP contribution in [0.15, 0.2) is 60.9 Å². The quantitative estimate of drug-likeness (QED) is 0.703. The van der Waals surface area contributed by atoms with Crippen molar-refractivity contribution in [2.24, 2.45) is 0 Å². The summed E-state index contributed by atoms with van der Waals surface area (Å²) in [5, 5.41) is 5.94. The number of carbonyl (C=O) groups excluding carboxylic acids is 1. The van der Waals surface area contributed by atoms with Crippen LogP contribution in [-0.2, 0) is 6.42 Å². The minimum atomic E-state index is -0.329. The zero-order chi connectivity index (χ0) is 18.4. The fourth-order valence-electron chi connectivity index (χ4n) is 2.38. The third kappa shape index (κ3) is 4.36. The van der Waals surface area contributed by atoms with E-state index in [2.05, 4.69) is 39.7 Å². The number of rotatable bonds is 6. The number of hydrogen-bond acceptors (Lipinski definition) is 5. The average Bonchev–Trinajstić information content (AvgIpc) is 2.69. The molecule has 0 saturated heterocycles. The van der Waals surface area contributed by atoms with E-state index in [4.69, 9.17) is 4.74 Å². The van der Waals surface area contributed by atoms with Crippen LogP contribution in [0.5, 0.6) is 5.75 Å². The Bertz CT molecular complexity index is 877. The molecule has 0 unspecified atom stereocenters. The summed E-state index contributed by atoms with van der Waals surface area (Å²) in [5.74, 6) is 0.916. The smallest absolute Gasteiger partial charge is 0.275 e. The lowest BCUT2D eigenvalue weighted by molar-refractivity contribution is 0.102. The van der Waals surface area contributed by atoms with Gasteiger partial charge in [-0.25, -0.2) is 9.97 Å². The molecule has 0 spiro atoms. The van der Waals surface area contributed by atoms with E-state index in [0.29, 0.717) is 17.3 Å². The summed E-state index contributed by atoms with van der Waals surface area (Å²) < 4.78 is 5.14. The number of nitrogens with zero attached hydrogens (tertiary/aromatic N) is 2. The monoisotopic (exact) mass is 348 g/mol. The zero-order valence-electron chi connectivity index (χ0n) is 14.7. The topological polar surface area (TPSA) is 76.1 Å². The van der Waals surface area contributed by atoms with Crippen LogP contribution < -0.4 is 15.4 Å². The number of carbonyl (C=O) groups is 1. The van der Waals surface area contributed by atoms with Gasteiger partial charge in [-0.3, -0.25) is 4.79 Å². The fraction of sp³-hybridized carbons (Fsp3) is 0.150. The molecule has 2 N–H and O–H groups in total. The molecule has 0 radical (unpaired) electrons. The highest BCUT2D eigenvalue weighted by molar-refractivity contribution is 6.02. The molecule has 1 heterocycles. The van der Waals surface area contributed by atoms with E-state index < -0.39 is 0 Å². The molecular formula is C20H20N4O2. The van der Waals surface area contributed by atoms with Crippen LogP contribution in [0.3, 0.4) is 0 Å². The van der Waals surface area contributed by atoms with E-state index in [9.17, 15) is 4.79 Å². The summed E-state index contributed by atoms with van der Waals surface area (Å²) >= 11 is 0. The number of hydrogen-bond donors (Lipinski definition) is 2. The predicted molar refractivity (Wildman–Crippen MR) is 102 cm³/mol. The Kier molecular flexibility index (Phi) is 5.43. The Morgan fingerprint density at radius 3 is 2.50 bits per heavy atom. The van der Waals surface area contributed by atoms with Gasteiger partial charge in [0, 0.05) is 17.4 Å². The van der Waals surface area contributed by atoms with Crippen molar-refractivity contribution in [2.45, 2.75) is 13.3 Å². The lowest BCUT2D eigenvalue weighted by Gasteiger charge is -2.08. The highest BCUT2D eigenvalue weighted by Gasteiger charge is 2.09. The second kappa shape index (κ2) is 8.11. The second-order valence-corrected chi connectivity index (χ2v) is 5.65. The maximum atomic E-state index is 12.3. The van der Waals surface area contributed by atoms with Gasteiger partial charge in [0.1, 0.15) is 17.3 Å². The lowest BCUT2D eigenvalue weighted by Crippen LogP contribution is -2.14. The van der Waals surface area contributed by atoms with Crippen molar-refractivity contribution in [3.05, 3.63) is 72.2 Å². The molecule has 0 atom stereocenters. The van der Waals surface area contributed by atoms with Crippen molar-refractivity contribution >= 4 is 23.1 Å². The third-order valence-corrected chi connectivity index (χ3v) is 3.85. The standard InChI is InChI=1S/C20H20N4O2/c1-3-14-7-9-15(10-8-14)23-19-13-21-18(12-22-19)20(25)24-16-5-4-6-17(11-16)26-2/h4-13H,3H2,1-2H3,(H,22,23)(H,24,25). The number of aromatic nitrogens is 2. The minimum absolute atomic E-state index is 0.236. The molecule has 0 bridgehead atoms. The highest BCUT2D eigenvalue weighted by Crippen LogP contribution is 2.18. The molecule has 6 nitrogen and oxygen atoms in total. The minimum Gasteiger partial charge on any atom is -0.497 e. The third-order valence-electron chi connectivity index (χ3n) is 3.85. The van der Waals surface area contributed by atoms with E-state index in [1.807, 2.05) is 18.2 Å². The van der Waals surface area contributed by atoms with Crippen molar-refractivity contribution in [1.82, 2.24) is 9.97 Å². The van der Waals surface area contributed by atoms with Crippen molar-refractivity contribution in [3.8, 4) is 5.75 Å². The molecule has 1 amide bonds. The number of nitrogens with one attached hydrogen (secondary N) is 2. The number of ether oxygens (including phenoxy) is 1. The van der Waals surface area contributed by atoms with Crippen LogP contribution in [0, 0.1) is 0 Å². The van der Waals surface area contributed by atoms with Crippen molar-refractivity contribution in [1.29, 1.82) is 0 Å². The highest BCUT2D eigenvalue weighted by atomic mass is 16.5. The summed E-state index contributed by atoms with van der Waals surface area (Å²) in [6.07, 6.45) is 3.98. The van der Waals surface area contributed by atoms with Crippen LogP contribution in [-0.4, -0.2) is 23.0 Å². The fourth-order valence-corrected chi connectivity index (χ4v) is 2.38. The SMILES string of the molecule is CCc1ccc(Nc2cnc(C(=O)Nc3cccc(OC)c3)cn2)cc1. The molecule has 3 rings (SSSR count). The van der Waals surface area contributed by atoms with Gasteiger partial charge in [-0.1, -0.05) is 25.1 Å². The van der Waals surface area contributed by atoms with Gasteiger partial charge in [-0.2, -0.15) is 0 Å². The number of aryl methyl sites for hydroxylation is 1. The van der Waals surface area contributed by atoms with Gasteiger partial charge >= 0.3 is 0 Å². The Morgan fingerprint density at radius 2 is 1.85 bits per heavy atom. The van der Waals surface area contributed by atoms with Gasteiger partial charge < -0.3 is 15.4 Å². The Morgan fingerprint density at radius 1 is 1.04 bits per heavy atom. The molecular weight excluding hydrogens is 328 g/mol. The zero-order valence-corrected chi connectivity index (χ0v) is 14.7. The molecule has 26 heavy (non-hydrogen) atoms. The second-order valence-electron chi connectivity index (χ2n) is 5.65. The molecule has 0 aliphatic heterocycles. The van der Waals surface area contributed by atoms with E-state index in [0.717, 1.165) is 12.1 Å². The average molecular weight is 348 g/mol. The van der Waals surface area contributed by atoms with Gasteiger partial charge in [0.15, 0.2) is 0 Å². The molecule has 0 aliphatic rings. The van der Waals surface area contributed by atoms with E-state index >= 15 is 0 Å². The Hall–Kier alpha value is -3.41. The summed E-state index contributed by atoms with van der Waals surface area (Å²) in [4.78, 5) is 20.7. The van der Waals surface area contributed by atoms with Gasteiger partial charge in [-0.05, 0) is 36.2 Å². The van der Waals surface area contributed by atoms with Crippen molar-refractivity contribution in [2.75, 3.05) is 17.7 Å². The molecule has 0 saturated carbocycles. The van der Waals surface area contributed by atoms with Crippen LogP contribution in [0.25, 0.3) is 0 Å². The van der Waals surface area contributed by atoms with Gasteiger partial charge in [0.05, 0.1) is 19.5 Å². The first-order valence-electron chi connectivity index (χ1n) is 8.31. The van der Waals surface area contributed by atoms with Crippen LogP contribution in [0.4, 0.5) is 17.2 Å². The van der Waals surface area contributed by atoms with Crippen LogP contribution >= 0.6 is 0 Å². The van der Waals surface area contributed by atoms with Crippen LogP contribution in [0.1, 0.15) is 23.0 Å². The summed E-state index contributed by atoms with van der Waals surface area (Å²) in [5.41, 5.74) is 3.06. The maximum Gasteiger partial charge on any atom is 0.275 e. The lowest BCUT2D eigenvalue weighted by atomic mass is 10.1. The maximum absolute atomic E-state index is 12.3. The largest absolute Gasteiger partial charge is 0.497 e. The van der Waals surface area contributed by atoms with E-state index in [-0.39, 0.29) is 11.6 Å². The van der Waals surface area contributed by atoms with Crippen molar-refractivity contribution in [3.63, 3.8) is 0 Å². The molecule has 3 aromatic rings. The summed E-state index contributed by atoms with van der Waals surface area (Å²) in [6, 6.07) is 15.2. The normalized spacial score (nSPS) is 10.2. The van der Waals surface area contributed by atoms with Gasteiger partial charge in [-0.15, -0.1) is 0 Å². The van der Waals surface area contributed by atoms with Crippen LogP contribution in [0.2, 0.25) is 0 Å². The number of benzene rings is 2. The van der Waals surface area contributed by atoms with Gasteiger partial charge in [0.25, 0.3) is 5.91 Å². The van der Waals surface area contributed by atoms with Crippen molar-refractivity contribution < 1.29 is 9.53 Å².